The number of aliphatic hydroxyl groups is 1. The zero-order valence-corrected chi connectivity index (χ0v) is 21.7. The summed E-state index contributed by atoms with van der Waals surface area (Å²) in [5, 5.41) is 14.0. The number of methoxy groups -OCH3 is 1. The molecule has 0 radical (unpaired) electrons. The molecule has 3 unspecified atom stereocenters. The number of hydrogen-bond donors (Lipinski definition) is 2. The molecule has 180 valence electrons. The minimum absolute atomic E-state index is 0. The van der Waals surface area contributed by atoms with E-state index in [-0.39, 0.29) is 30.1 Å². The number of likely N-dealkylation sites (tertiary alicyclic amines) is 1. The van der Waals surface area contributed by atoms with Gasteiger partial charge in [0.1, 0.15) is 5.75 Å². The Balaban J connectivity index is 0.00000306. The maximum atomic E-state index is 10.6. The van der Waals surface area contributed by atoms with Crippen LogP contribution < -0.4 is 10.1 Å². The van der Waals surface area contributed by atoms with E-state index in [0.717, 1.165) is 56.6 Å². The monoisotopic (exact) mass is 566 g/mol. The number of hydrogen-bond acceptors (Lipinski definition) is 5. The van der Waals surface area contributed by atoms with Crippen LogP contribution in [0.25, 0.3) is 0 Å². The number of morpholine rings is 1. The second-order valence-electron chi connectivity index (χ2n) is 8.32. The third-order valence-corrected chi connectivity index (χ3v) is 6.19. The average molecular weight is 566 g/mol. The number of aliphatic hydroxyl groups excluding tert-OH is 1. The second kappa shape index (κ2) is 12.5. The van der Waals surface area contributed by atoms with Gasteiger partial charge >= 0.3 is 0 Å². The highest BCUT2D eigenvalue weighted by molar-refractivity contribution is 14.0. The fourth-order valence-corrected chi connectivity index (χ4v) is 4.48. The molecule has 0 aromatic heterocycles. The summed E-state index contributed by atoms with van der Waals surface area (Å²) in [5.41, 5.74) is 2.16. The maximum absolute atomic E-state index is 10.6. The Morgan fingerprint density at radius 2 is 1.94 bits per heavy atom. The largest absolute Gasteiger partial charge is 0.497 e. The summed E-state index contributed by atoms with van der Waals surface area (Å²) in [6, 6.07) is 18.4. The molecule has 0 saturated carbocycles. The summed E-state index contributed by atoms with van der Waals surface area (Å²) in [5.74, 6) is 1.61. The Labute approximate surface area is 213 Å². The Morgan fingerprint density at radius 1 is 1.18 bits per heavy atom. The summed E-state index contributed by atoms with van der Waals surface area (Å²) in [6.07, 6.45) is -0.492. The van der Waals surface area contributed by atoms with Gasteiger partial charge < -0.3 is 24.8 Å². The van der Waals surface area contributed by atoms with Gasteiger partial charge in [0, 0.05) is 32.7 Å². The minimum Gasteiger partial charge on any atom is -0.497 e. The van der Waals surface area contributed by atoms with Gasteiger partial charge in [0.2, 0.25) is 0 Å². The van der Waals surface area contributed by atoms with Gasteiger partial charge in [0.05, 0.1) is 38.5 Å². The Hall–Kier alpha value is -1.88. The first kappa shape index (κ1) is 25.7. The first-order valence-electron chi connectivity index (χ1n) is 11.4. The van der Waals surface area contributed by atoms with E-state index in [0.29, 0.717) is 12.6 Å². The first-order valence-corrected chi connectivity index (χ1v) is 11.4. The topological polar surface area (TPSA) is 69.6 Å². The molecule has 2 heterocycles. The molecule has 2 fully saturated rings. The molecule has 2 N–H and O–H groups in total. The van der Waals surface area contributed by atoms with Crippen LogP contribution in [0.4, 0.5) is 0 Å². The molecule has 2 aromatic rings. The van der Waals surface area contributed by atoms with Gasteiger partial charge in [-0.1, -0.05) is 42.5 Å². The standard InChI is InChI=1S/C25H34N4O3.HI/c1-3-26-25(27-15-23(30)20-9-11-21(31-2)12-10-20)29-17-22-24(18-29)32-14-13-28(22)16-19-7-5-4-6-8-19;/h4-12,22-24,30H,3,13-18H2,1-2H3,(H,26,27);1H. The van der Waals surface area contributed by atoms with Crippen molar-refractivity contribution in [3.63, 3.8) is 0 Å². The molecule has 2 aromatic carbocycles. The van der Waals surface area contributed by atoms with Gasteiger partial charge in [-0.3, -0.25) is 9.89 Å². The number of fused-ring (bicyclic) bond motifs is 1. The molecule has 33 heavy (non-hydrogen) atoms. The molecule has 7 nitrogen and oxygen atoms in total. The molecular weight excluding hydrogens is 531 g/mol. The number of ether oxygens (including phenoxy) is 2. The molecule has 2 aliphatic rings. The molecule has 0 aliphatic carbocycles. The van der Waals surface area contributed by atoms with Crippen molar-refractivity contribution in [2.45, 2.75) is 31.7 Å². The third-order valence-electron chi connectivity index (χ3n) is 6.19. The summed E-state index contributed by atoms with van der Waals surface area (Å²) in [7, 11) is 1.64. The summed E-state index contributed by atoms with van der Waals surface area (Å²) >= 11 is 0. The molecule has 2 saturated heterocycles. The van der Waals surface area contributed by atoms with Gasteiger partial charge in [-0.15, -0.1) is 24.0 Å². The van der Waals surface area contributed by atoms with Gasteiger partial charge in [-0.05, 0) is 30.2 Å². The lowest BCUT2D eigenvalue weighted by Gasteiger charge is -2.36. The Bertz CT molecular complexity index is 881. The number of halogens is 1. The van der Waals surface area contributed by atoms with E-state index in [9.17, 15) is 5.11 Å². The second-order valence-corrected chi connectivity index (χ2v) is 8.32. The molecule has 8 heteroatoms. The fraction of sp³-hybridized carbons (Fsp3) is 0.480. The summed E-state index contributed by atoms with van der Waals surface area (Å²) in [6.45, 7) is 7.44. The predicted molar refractivity (Wildman–Crippen MR) is 141 cm³/mol. The zero-order valence-electron chi connectivity index (χ0n) is 19.4. The number of rotatable bonds is 7. The van der Waals surface area contributed by atoms with E-state index >= 15 is 0 Å². The van der Waals surface area contributed by atoms with Crippen molar-refractivity contribution in [2.75, 3.05) is 46.4 Å². The van der Waals surface area contributed by atoms with Crippen LogP contribution in [0.1, 0.15) is 24.2 Å². The van der Waals surface area contributed by atoms with Crippen LogP contribution in [-0.2, 0) is 11.3 Å². The van der Waals surface area contributed by atoms with Crippen LogP contribution in [0, 0.1) is 0 Å². The van der Waals surface area contributed by atoms with E-state index in [1.54, 1.807) is 7.11 Å². The van der Waals surface area contributed by atoms with Crippen molar-refractivity contribution in [3.05, 3.63) is 65.7 Å². The van der Waals surface area contributed by atoms with E-state index in [2.05, 4.69) is 52.4 Å². The number of guanidine groups is 1. The summed E-state index contributed by atoms with van der Waals surface area (Å²) in [4.78, 5) is 9.55. The average Bonchev–Trinajstić information content (AvgIpc) is 3.27. The molecule has 2 aliphatic heterocycles. The van der Waals surface area contributed by atoms with Gasteiger partial charge in [-0.2, -0.15) is 0 Å². The van der Waals surface area contributed by atoms with Crippen LogP contribution in [-0.4, -0.2) is 79.5 Å². The van der Waals surface area contributed by atoms with E-state index in [4.69, 9.17) is 14.5 Å². The van der Waals surface area contributed by atoms with Crippen LogP contribution in [0.3, 0.4) is 0 Å². The highest BCUT2D eigenvalue weighted by Gasteiger charge is 2.41. The molecule has 3 atom stereocenters. The minimum atomic E-state index is -0.662. The van der Waals surface area contributed by atoms with Crippen molar-refractivity contribution < 1.29 is 14.6 Å². The van der Waals surface area contributed by atoms with Crippen molar-refractivity contribution in [1.82, 2.24) is 15.1 Å². The third kappa shape index (κ3) is 6.59. The van der Waals surface area contributed by atoms with Crippen molar-refractivity contribution >= 4 is 29.9 Å². The SMILES string of the molecule is CCNC(=NCC(O)c1ccc(OC)cc1)N1CC2OCCN(Cc3ccccc3)C2C1.I. The lowest BCUT2D eigenvalue weighted by molar-refractivity contribution is -0.0502. The lowest BCUT2D eigenvalue weighted by atomic mass is 10.1. The fourth-order valence-electron chi connectivity index (χ4n) is 4.48. The molecule has 0 amide bonds. The van der Waals surface area contributed by atoms with E-state index < -0.39 is 6.10 Å². The maximum Gasteiger partial charge on any atom is 0.194 e. The Kier molecular flexibility index (Phi) is 9.78. The zero-order chi connectivity index (χ0) is 22.3. The molecule has 0 bridgehead atoms. The van der Waals surface area contributed by atoms with Crippen molar-refractivity contribution in [2.24, 2.45) is 4.99 Å². The van der Waals surface area contributed by atoms with Gasteiger partial charge in [0.15, 0.2) is 5.96 Å². The molecule has 4 rings (SSSR count). The molecular formula is C25H35IN4O3. The summed E-state index contributed by atoms with van der Waals surface area (Å²) < 4.78 is 11.3. The Morgan fingerprint density at radius 3 is 2.64 bits per heavy atom. The van der Waals surface area contributed by atoms with Crippen molar-refractivity contribution in [1.29, 1.82) is 0 Å². The van der Waals surface area contributed by atoms with Crippen LogP contribution in [0.15, 0.2) is 59.6 Å². The quantitative estimate of drug-likeness (QED) is 0.305. The van der Waals surface area contributed by atoms with Crippen LogP contribution in [0.5, 0.6) is 5.75 Å². The lowest BCUT2D eigenvalue weighted by Crippen LogP contribution is -2.50. The smallest absolute Gasteiger partial charge is 0.194 e. The van der Waals surface area contributed by atoms with Gasteiger partial charge in [0.25, 0.3) is 0 Å². The van der Waals surface area contributed by atoms with Crippen LogP contribution >= 0.6 is 24.0 Å². The highest BCUT2D eigenvalue weighted by Crippen LogP contribution is 2.25. The van der Waals surface area contributed by atoms with E-state index in [1.165, 1.54) is 5.56 Å². The highest BCUT2D eigenvalue weighted by atomic mass is 127. The molecule has 0 spiro atoms. The number of benzene rings is 2. The van der Waals surface area contributed by atoms with E-state index in [1.807, 2.05) is 24.3 Å². The number of nitrogens with one attached hydrogen (secondary N) is 1. The first-order chi connectivity index (χ1) is 15.7. The predicted octanol–water partition coefficient (Wildman–Crippen LogP) is 2.90. The normalized spacial score (nSPS) is 21.8. The number of nitrogens with zero attached hydrogens (tertiary/aromatic N) is 3. The van der Waals surface area contributed by atoms with Gasteiger partial charge in [-0.25, -0.2) is 0 Å². The van der Waals surface area contributed by atoms with Crippen LogP contribution in [0.2, 0.25) is 0 Å². The number of aliphatic imine (C=N–C) groups is 1. The van der Waals surface area contributed by atoms with Crippen molar-refractivity contribution in [3.8, 4) is 5.75 Å².